The summed E-state index contributed by atoms with van der Waals surface area (Å²) in [4.78, 5) is 34.1. The molecular formula is C24H25N5O2S. The van der Waals surface area contributed by atoms with E-state index in [4.69, 9.17) is 6.42 Å². The molecule has 4 rings (SSSR count). The van der Waals surface area contributed by atoms with Gasteiger partial charge in [-0.2, -0.15) is 5.10 Å². The second kappa shape index (κ2) is 9.47. The van der Waals surface area contributed by atoms with Gasteiger partial charge in [0.05, 0.1) is 17.8 Å². The standard InChI is InChI=1S/C24H25N5O2S/c1-4-18-9-19(11-20(10-18)15-30)14-28-7-8-29(16(2)13-28)23(31)12-22-17(3)26-24(32-22)21-5-6-25-27-21/h1,5-6,9-11,15-16H,7-8,12-14H2,2-3H3,(H,25,27)/t16-/m0/s1. The van der Waals surface area contributed by atoms with Crippen molar-refractivity contribution in [3.63, 3.8) is 0 Å². The van der Waals surface area contributed by atoms with E-state index in [1.54, 1.807) is 12.3 Å². The van der Waals surface area contributed by atoms with Gasteiger partial charge in [-0.25, -0.2) is 4.98 Å². The highest BCUT2D eigenvalue weighted by atomic mass is 32.1. The molecule has 1 amide bonds. The van der Waals surface area contributed by atoms with E-state index in [0.717, 1.165) is 46.2 Å². The van der Waals surface area contributed by atoms with Crippen LogP contribution in [-0.2, 0) is 17.8 Å². The third kappa shape index (κ3) is 4.79. The summed E-state index contributed by atoms with van der Waals surface area (Å²) in [6.45, 7) is 6.93. The molecule has 8 heteroatoms. The maximum atomic E-state index is 13.1. The van der Waals surface area contributed by atoms with Crippen molar-refractivity contribution < 1.29 is 9.59 Å². The fourth-order valence-electron chi connectivity index (χ4n) is 4.09. The van der Waals surface area contributed by atoms with Gasteiger partial charge in [0.1, 0.15) is 11.3 Å². The number of amides is 1. The predicted octanol–water partition coefficient (Wildman–Crippen LogP) is 2.91. The maximum Gasteiger partial charge on any atom is 0.228 e. The number of aromatic nitrogens is 3. The summed E-state index contributed by atoms with van der Waals surface area (Å²) < 4.78 is 0. The molecule has 32 heavy (non-hydrogen) atoms. The fraction of sp³-hybridized carbons (Fsp3) is 0.333. The second-order valence-corrected chi connectivity index (χ2v) is 9.16. The van der Waals surface area contributed by atoms with Crippen LogP contribution in [0.1, 0.15) is 39.0 Å². The molecule has 1 fully saturated rings. The van der Waals surface area contributed by atoms with Gasteiger partial charge < -0.3 is 4.90 Å². The number of rotatable bonds is 6. The summed E-state index contributed by atoms with van der Waals surface area (Å²) in [7, 11) is 0. The summed E-state index contributed by atoms with van der Waals surface area (Å²) in [6.07, 6.45) is 8.39. The van der Waals surface area contributed by atoms with E-state index in [0.29, 0.717) is 30.6 Å². The number of aldehydes is 1. The van der Waals surface area contributed by atoms with E-state index in [2.05, 4.69) is 32.9 Å². The van der Waals surface area contributed by atoms with Crippen molar-refractivity contribution in [2.45, 2.75) is 32.9 Å². The van der Waals surface area contributed by atoms with Crippen molar-refractivity contribution in [1.82, 2.24) is 25.0 Å². The molecule has 7 nitrogen and oxygen atoms in total. The Bertz CT molecular complexity index is 1160. The molecule has 1 aliphatic heterocycles. The molecule has 3 aromatic rings. The van der Waals surface area contributed by atoms with Gasteiger partial charge >= 0.3 is 0 Å². The highest BCUT2D eigenvalue weighted by Gasteiger charge is 2.28. The molecule has 1 saturated heterocycles. The number of nitrogens with zero attached hydrogens (tertiary/aromatic N) is 4. The zero-order valence-electron chi connectivity index (χ0n) is 18.2. The number of aryl methyl sites for hydroxylation is 1. The van der Waals surface area contributed by atoms with Crippen LogP contribution in [0, 0.1) is 19.3 Å². The third-order valence-electron chi connectivity index (χ3n) is 5.69. The first-order valence-electron chi connectivity index (χ1n) is 10.5. The van der Waals surface area contributed by atoms with Crippen molar-refractivity contribution >= 4 is 23.5 Å². The van der Waals surface area contributed by atoms with Gasteiger partial charge in [-0.3, -0.25) is 19.6 Å². The van der Waals surface area contributed by atoms with Crippen LogP contribution in [0.15, 0.2) is 30.5 Å². The van der Waals surface area contributed by atoms with Gasteiger partial charge in [0.25, 0.3) is 0 Å². The van der Waals surface area contributed by atoms with E-state index in [-0.39, 0.29) is 11.9 Å². The number of H-pyrrole nitrogens is 1. The molecule has 1 N–H and O–H groups in total. The van der Waals surface area contributed by atoms with Crippen molar-refractivity contribution in [3.8, 4) is 23.0 Å². The molecule has 1 aromatic carbocycles. The van der Waals surface area contributed by atoms with Crippen LogP contribution >= 0.6 is 11.3 Å². The van der Waals surface area contributed by atoms with Crippen LogP contribution in [0.4, 0.5) is 0 Å². The lowest BCUT2D eigenvalue weighted by Gasteiger charge is -2.40. The van der Waals surface area contributed by atoms with Crippen molar-refractivity contribution in [3.05, 3.63) is 57.7 Å². The highest BCUT2D eigenvalue weighted by molar-refractivity contribution is 7.15. The molecule has 1 aliphatic rings. The Morgan fingerprint density at radius 2 is 2.22 bits per heavy atom. The van der Waals surface area contributed by atoms with Gasteiger partial charge in [-0.05, 0) is 43.7 Å². The molecule has 0 bridgehead atoms. The molecule has 0 radical (unpaired) electrons. The first-order chi connectivity index (χ1) is 15.5. The smallest absolute Gasteiger partial charge is 0.228 e. The van der Waals surface area contributed by atoms with Crippen molar-refractivity contribution in [2.24, 2.45) is 0 Å². The van der Waals surface area contributed by atoms with Crippen LogP contribution in [-0.4, -0.2) is 62.9 Å². The third-order valence-corrected chi connectivity index (χ3v) is 6.88. The minimum absolute atomic E-state index is 0.0953. The Labute approximate surface area is 191 Å². The maximum absolute atomic E-state index is 13.1. The Hall–Kier alpha value is -3.28. The van der Waals surface area contributed by atoms with Crippen molar-refractivity contribution in [2.75, 3.05) is 19.6 Å². The summed E-state index contributed by atoms with van der Waals surface area (Å²) >= 11 is 1.54. The molecule has 0 saturated carbocycles. The molecule has 0 unspecified atom stereocenters. The Balaban J connectivity index is 1.38. The Morgan fingerprint density at radius 3 is 2.91 bits per heavy atom. The number of benzene rings is 1. The number of carbonyl (C=O) groups excluding carboxylic acids is 2. The molecule has 2 aromatic heterocycles. The minimum Gasteiger partial charge on any atom is -0.337 e. The predicted molar refractivity (Wildman–Crippen MR) is 124 cm³/mol. The average Bonchev–Trinajstić information content (AvgIpc) is 3.43. The lowest BCUT2D eigenvalue weighted by molar-refractivity contribution is -0.135. The van der Waals surface area contributed by atoms with E-state index >= 15 is 0 Å². The van der Waals surface area contributed by atoms with Crippen LogP contribution in [0.25, 0.3) is 10.7 Å². The Kier molecular flexibility index (Phi) is 6.49. The molecule has 0 aliphatic carbocycles. The van der Waals surface area contributed by atoms with Gasteiger partial charge in [-0.1, -0.05) is 5.92 Å². The van der Waals surface area contributed by atoms with Crippen molar-refractivity contribution in [1.29, 1.82) is 0 Å². The summed E-state index contributed by atoms with van der Waals surface area (Å²) in [5.41, 5.74) is 4.07. The van der Waals surface area contributed by atoms with Gasteiger partial charge in [0.2, 0.25) is 5.91 Å². The molecule has 164 valence electrons. The Morgan fingerprint density at radius 1 is 1.38 bits per heavy atom. The van der Waals surface area contributed by atoms with Gasteiger partial charge in [0, 0.05) is 54.4 Å². The fourth-order valence-corrected chi connectivity index (χ4v) is 5.12. The summed E-state index contributed by atoms with van der Waals surface area (Å²) in [5, 5.41) is 7.75. The number of hydrogen-bond donors (Lipinski definition) is 1. The lowest BCUT2D eigenvalue weighted by Crippen LogP contribution is -2.54. The zero-order valence-corrected chi connectivity index (χ0v) is 19.0. The SMILES string of the molecule is C#Cc1cc(C=O)cc(CN2CCN(C(=O)Cc3sc(-c4ccn[nH]4)nc3C)[C@@H](C)C2)c1. The van der Waals surface area contributed by atoms with Crippen LogP contribution in [0.5, 0.6) is 0 Å². The topological polar surface area (TPSA) is 82.2 Å². The zero-order chi connectivity index (χ0) is 22.7. The number of nitrogens with one attached hydrogen (secondary N) is 1. The minimum atomic E-state index is 0.0953. The van der Waals surface area contributed by atoms with Crippen LogP contribution in [0.3, 0.4) is 0 Å². The largest absolute Gasteiger partial charge is 0.337 e. The summed E-state index contributed by atoms with van der Waals surface area (Å²) in [6, 6.07) is 7.51. The number of piperazine rings is 1. The first kappa shape index (κ1) is 21.9. The lowest BCUT2D eigenvalue weighted by atomic mass is 10.1. The quantitative estimate of drug-likeness (QED) is 0.464. The van der Waals surface area contributed by atoms with E-state index in [9.17, 15) is 9.59 Å². The van der Waals surface area contributed by atoms with Gasteiger partial charge in [-0.15, -0.1) is 17.8 Å². The van der Waals surface area contributed by atoms with E-state index in [1.807, 2.05) is 30.0 Å². The average molecular weight is 448 g/mol. The second-order valence-electron chi connectivity index (χ2n) is 8.07. The van der Waals surface area contributed by atoms with Crippen LogP contribution < -0.4 is 0 Å². The first-order valence-corrected chi connectivity index (χ1v) is 11.3. The molecule has 1 atom stereocenters. The highest BCUT2D eigenvalue weighted by Crippen LogP contribution is 2.27. The van der Waals surface area contributed by atoms with E-state index in [1.165, 1.54) is 11.3 Å². The van der Waals surface area contributed by atoms with Crippen LogP contribution in [0.2, 0.25) is 0 Å². The molecule has 3 heterocycles. The number of carbonyl (C=O) groups is 2. The molecule has 0 spiro atoms. The van der Waals surface area contributed by atoms with Gasteiger partial charge in [0.15, 0.2) is 0 Å². The normalized spacial score (nSPS) is 16.7. The number of aromatic amines is 1. The number of thiazole rings is 1. The molecular weight excluding hydrogens is 422 g/mol. The number of hydrogen-bond acceptors (Lipinski definition) is 6. The monoisotopic (exact) mass is 447 g/mol. The number of terminal acetylenes is 1. The van der Waals surface area contributed by atoms with E-state index < -0.39 is 0 Å². The summed E-state index contributed by atoms with van der Waals surface area (Å²) in [5.74, 6) is 2.73.